The lowest BCUT2D eigenvalue weighted by Crippen LogP contribution is -3.11. The zero-order valence-electron chi connectivity index (χ0n) is 9.39. The van der Waals surface area contributed by atoms with Gasteiger partial charge in [-0.3, -0.25) is 0 Å². The molecule has 0 spiro atoms. The predicted octanol–water partition coefficient (Wildman–Crippen LogP) is -0.0382. The standard InChI is InChI=1S/C10H9NO6S2/c12-18(13,14)11(19(15,16)17)10-7-3-5-8-4-1-2-6-9(8)10/h1-7H,(H,12,13,14)(H,15,16,17)/p+1. The third kappa shape index (κ3) is 2.74. The Labute approximate surface area is 109 Å². The molecule has 7 nitrogen and oxygen atoms in total. The Hall–Kier alpha value is -1.52. The molecule has 0 atom stereocenters. The minimum absolute atomic E-state index is 0.275. The fourth-order valence-corrected chi connectivity index (χ4v) is 3.79. The lowest BCUT2D eigenvalue weighted by molar-refractivity contribution is -0.544. The first-order valence-corrected chi connectivity index (χ1v) is 7.89. The zero-order valence-corrected chi connectivity index (χ0v) is 11.0. The molecule has 0 heterocycles. The highest BCUT2D eigenvalue weighted by atomic mass is 32.3. The molecule has 0 aliphatic carbocycles. The van der Waals surface area contributed by atoms with Crippen LogP contribution in [0.2, 0.25) is 0 Å². The second-order valence-electron chi connectivity index (χ2n) is 3.76. The Morgan fingerprint density at radius 1 is 0.789 bits per heavy atom. The van der Waals surface area contributed by atoms with Gasteiger partial charge in [-0.25, -0.2) is 9.11 Å². The molecule has 0 bridgehead atoms. The van der Waals surface area contributed by atoms with Crippen molar-refractivity contribution in [2.24, 2.45) is 0 Å². The number of nitrogens with one attached hydrogen (secondary N) is 1. The molecule has 2 aromatic carbocycles. The quantitative estimate of drug-likeness (QED) is 0.686. The summed E-state index contributed by atoms with van der Waals surface area (Å²) in [7, 11) is -10.2. The van der Waals surface area contributed by atoms with Crippen molar-refractivity contribution >= 4 is 37.1 Å². The Bertz CT molecular complexity index is 791. The molecule has 0 amide bonds. The van der Waals surface area contributed by atoms with Crippen LogP contribution in [0.25, 0.3) is 10.8 Å². The molecule has 9 heteroatoms. The van der Waals surface area contributed by atoms with E-state index in [0.29, 0.717) is 5.39 Å². The van der Waals surface area contributed by atoms with Crippen LogP contribution in [0.15, 0.2) is 42.5 Å². The van der Waals surface area contributed by atoms with E-state index in [-0.39, 0.29) is 11.1 Å². The van der Waals surface area contributed by atoms with Crippen molar-refractivity contribution < 1.29 is 29.7 Å². The monoisotopic (exact) mass is 304 g/mol. The van der Waals surface area contributed by atoms with Crippen molar-refractivity contribution in [2.75, 3.05) is 0 Å². The number of hydrogen-bond donors (Lipinski definition) is 3. The summed E-state index contributed by atoms with van der Waals surface area (Å²) in [5.41, 5.74) is -0.275. The van der Waals surface area contributed by atoms with Gasteiger partial charge in [0.1, 0.15) is 0 Å². The summed E-state index contributed by atoms with van der Waals surface area (Å²) in [4.78, 5) is 0. The first-order valence-electron chi connectivity index (χ1n) is 5.01. The van der Waals surface area contributed by atoms with Crippen molar-refractivity contribution in [3.05, 3.63) is 42.5 Å². The van der Waals surface area contributed by atoms with Gasteiger partial charge in [-0.2, -0.15) is 0 Å². The molecule has 0 unspecified atom stereocenters. The predicted molar refractivity (Wildman–Crippen MR) is 67.7 cm³/mol. The van der Waals surface area contributed by atoms with E-state index in [4.69, 9.17) is 9.11 Å². The molecule has 0 aromatic heterocycles. The molecule has 0 saturated carbocycles. The van der Waals surface area contributed by atoms with Gasteiger partial charge in [0, 0.05) is 11.5 Å². The fraction of sp³-hybridized carbons (Fsp3) is 0. The average molecular weight is 304 g/mol. The summed E-state index contributed by atoms with van der Waals surface area (Å²) >= 11 is 0. The van der Waals surface area contributed by atoms with Crippen LogP contribution in [-0.4, -0.2) is 25.9 Å². The highest BCUT2D eigenvalue weighted by Crippen LogP contribution is 2.20. The van der Waals surface area contributed by atoms with Gasteiger partial charge in [-0.15, -0.1) is 16.8 Å². The van der Waals surface area contributed by atoms with E-state index in [0.717, 1.165) is 0 Å². The third-order valence-corrected chi connectivity index (χ3v) is 5.12. The van der Waals surface area contributed by atoms with Gasteiger partial charge in [-0.05, 0) is 15.2 Å². The fourth-order valence-electron chi connectivity index (χ4n) is 1.81. The third-order valence-electron chi connectivity index (χ3n) is 2.48. The van der Waals surface area contributed by atoms with Crippen molar-refractivity contribution in [2.45, 2.75) is 0 Å². The number of fused-ring (bicyclic) bond motifs is 1. The van der Waals surface area contributed by atoms with Gasteiger partial charge in [0.15, 0.2) is 5.69 Å². The van der Waals surface area contributed by atoms with Gasteiger partial charge in [0.2, 0.25) is 0 Å². The van der Waals surface area contributed by atoms with Crippen molar-refractivity contribution in [1.82, 2.24) is 0 Å². The van der Waals surface area contributed by atoms with Gasteiger partial charge in [0.05, 0.1) is 0 Å². The van der Waals surface area contributed by atoms with Crippen LogP contribution in [0, 0.1) is 0 Å². The van der Waals surface area contributed by atoms with Crippen LogP contribution in [0.4, 0.5) is 5.69 Å². The Kier molecular flexibility index (Phi) is 3.32. The average Bonchev–Trinajstić information content (AvgIpc) is 2.25. The zero-order chi connectivity index (χ0) is 14.3. The summed E-state index contributed by atoms with van der Waals surface area (Å²) in [6, 6.07) is 10.7. The van der Waals surface area contributed by atoms with Crippen LogP contribution in [0.5, 0.6) is 0 Å². The van der Waals surface area contributed by atoms with Crippen LogP contribution in [0.1, 0.15) is 0 Å². The van der Waals surface area contributed by atoms with Crippen LogP contribution in [-0.2, 0) is 20.6 Å². The van der Waals surface area contributed by atoms with E-state index in [1.807, 2.05) is 0 Å². The summed E-state index contributed by atoms with van der Waals surface area (Å²) in [6.45, 7) is 0. The maximum Gasteiger partial charge on any atom is 0.453 e. The normalized spacial score (nSPS) is 13.0. The number of benzene rings is 2. The van der Waals surface area contributed by atoms with Crippen LogP contribution < -0.4 is 3.71 Å². The Morgan fingerprint density at radius 3 is 1.89 bits per heavy atom. The lowest BCUT2D eigenvalue weighted by Gasteiger charge is -2.12. The maximum atomic E-state index is 11.2. The largest absolute Gasteiger partial charge is 0.453 e. The minimum Gasteiger partial charge on any atom is -0.240 e. The second kappa shape index (κ2) is 4.54. The first-order chi connectivity index (χ1) is 8.71. The van der Waals surface area contributed by atoms with Crippen molar-refractivity contribution in [3.8, 4) is 0 Å². The molecule has 2 rings (SSSR count). The van der Waals surface area contributed by atoms with Crippen LogP contribution in [0.3, 0.4) is 0 Å². The smallest absolute Gasteiger partial charge is 0.240 e. The number of quaternary nitrogens is 1. The SMILES string of the molecule is O=S(=O)(O)[NH+](c1cccc2ccccc12)S(=O)(=O)O. The minimum atomic E-state index is -5.09. The van der Waals surface area contributed by atoms with Crippen molar-refractivity contribution in [3.63, 3.8) is 0 Å². The molecule has 19 heavy (non-hydrogen) atoms. The molecule has 102 valence electrons. The van der Waals surface area contributed by atoms with Gasteiger partial charge >= 0.3 is 20.6 Å². The molecule has 0 fully saturated rings. The molecule has 0 saturated heterocycles. The Morgan fingerprint density at radius 2 is 1.32 bits per heavy atom. The van der Waals surface area contributed by atoms with E-state index in [1.54, 1.807) is 24.3 Å². The second-order valence-corrected chi connectivity index (χ2v) is 6.74. The highest BCUT2D eigenvalue weighted by molar-refractivity contribution is 7.91. The number of rotatable bonds is 3. The summed E-state index contributed by atoms with van der Waals surface area (Å²) in [6.07, 6.45) is 0. The summed E-state index contributed by atoms with van der Waals surface area (Å²) in [5, 5.41) is 0.861. The van der Waals surface area contributed by atoms with E-state index < -0.39 is 24.3 Å². The van der Waals surface area contributed by atoms with Gasteiger partial charge in [0.25, 0.3) is 0 Å². The molecule has 0 radical (unpaired) electrons. The molecule has 2 aromatic rings. The van der Waals surface area contributed by atoms with E-state index in [1.165, 1.54) is 18.2 Å². The summed E-state index contributed by atoms with van der Waals surface area (Å²) in [5.74, 6) is 0. The maximum absolute atomic E-state index is 11.2. The molecule has 3 N–H and O–H groups in total. The van der Waals surface area contributed by atoms with Crippen LogP contribution >= 0.6 is 0 Å². The molecular weight excluding hydrogens is 294 g/mol. The van der Waals surface area contributed by atoms with E-state index in [2.05, 4.69) is 0 Å². The Balaban J connectivity index is 2.86. The van der Waals surface area contributed by atoms with E-state index >= 15 is 0 Å². The van der Waals surface area contributed by atoms with Crippen molar-refractivity contribution in [1.29, 1.82) is 0 Å². The van der Waals surface area contributed by atoms with Gasteiger partial charge in [-0.1, -0.05) is 30.3 Å². The van der Waals surface area contributed by atoms with E-state index in [9.17, 15) is 16.8 Å². The topological polar surface area (TPSA) is 113 Å². The number of hydrogen-bond acceptors (Lipinski definition) is 4. The first kappa shape index (κ1) is 13.9. The lowest BCUT2D eigenvalue weighted by atomic mass is 10.1. The highest BCUT2D eigenvalue weighted by Gasteiger charge is 2.39. The summed E-state index contributed by atoms with van der Waals surface area (Å²) < 4.78 is 61.4. The van der Waals surface area contributed by atoms with Gasteiger partial charge < -0.3 is 0 Å². The molecular formula is C10H10NO6S2+. The molecule has 0 aliphatic heterocycles. The molecule has 0 aliphatic rings.